The van der Waals surface area contributed by atoms with Crippen LogP contribution in [0.1, 0.15) is 10.5 Å². The Kier molecular flexibility index (Phi) is 3.69. The number of rotatable bonds is 4. The summed E-state index contributed by atoms with van der Waals surface area (Å²) in [6.07, 6.45) is 0.867. The van der Waals surface area contributed by atoms with Crippen LogP contribution in [0.3, 0.4) is 0 Å². The minimum Gasteiger partial charge on any atom is -0.479 e. The summed E-state index contributed by atoms with van der Waals surface area (Å²) in [7, 11) is 0. The Morgan fingerprint density at radius 3 is 2.80 bits per heavy atom. The van der Waals surface area contributed by atoms with Crippen LogP contribution in [0.5, 0.6) is 0 Å². The fourth-order valence-electron chi connectivity index (χ4n) is 0.726. The number of carboxylic acids is 1. The number of hydrogen-bond donors (Lipinski definition) is 2. The second-order valence-electron chi connectivity index (χ2n) is 2.48. The van der Waals surface area contributed by atoms with Crippen LogP contribution in [0.15, 0.2) is 18.3 Å². The molecule has 1 heterocycles. The maximum atomic E-state index is 12.4. The van der Waals surface area contributed by atoms with E-state index >= 15 is 0 Å². The number of pyridine rings is 1. The van der Waals surface area contributed by atoms with Gasteiger partial charge in [0.15, 0.2) is 6.61 Å². The first-order valence-electron chi connectivity index (χ1n) is 3.85. The van der Waals surface area contributed by atoms with Crippen LogP contribution in [-0.2, 0) is 9.63 Å². The lowest BCUT2D eigenvalue weighted by Gasteiger charge is -2.02. The molecule has 0 aliphatic heterocycles. The number of hydrogen-bond acceptors (Lipinski definition) is 4. The van der Waals surface area contributed by atoms with Crippen LogP contribution < -0.4 is 5.48 Å². The zero-order chi connectivity index (χ0) is 11.3. The molecule has 7 heteroatoms. The van der Waals surface area contributed by atoms with E-state index in [0.717, 1.165) is 18.3 Å². The van der Waals surface area contributed by atoms with Crippen molar-refractivity contribution in [2.45, 2.75) is 0 Å². The van der Waals surface area contributed by atoms with Gasteiger partial charge in [-0.25, -0.2) is 19.6 Å². The van der Waals surface area contributed by atoms with Crippen LogP contribution >= 0.6 is 0 Å². The van der Waals surface area contributed by atoms with Gasteiger partial charge < -0.3 is 5.11 Å². The van der Waals surface area contributed by atoms with Gasteiger partial charge in [-0.1, -0.05) is 0 Å². The Hall–Kier alpha value is -2.02. The molecule has 0 saturated heterocycles. The van der Waals surface area contributed by atoms with Gasteiger partial charge in [-0.2, -0.15) is 0 Å². The van der Waals surface area contributed by atoms with E-state index < -0.39 is 24.3 Å². The van der Waals surface area contributed by atoms with E-state index in [-0.39, 0.29) is 5.69 Å². The third-order valence-electron chi connectivity index (χ3n) is 1.32. The Morgan fingerprint density at radius 1 is 1.53 bits per heavy atom. The zero-order valence-corrected chi connectivity index (χ0v) is 7.44. The minimum absolute atomic E-state index is 0.0678. The predicted molar refractivity (Wildman–Crippen MR) is 45.2 cm³/mol. The lowest BCUT2D eigenvalue weighted by atomic mass is 10.3. The van der Waals surface area contributed by atoms with Crippen molar-refractivity contribution in [2.24, 2.45) is 0 Å². The molecule has 80 valence electrons. The predicted octanol–water partition coefficient (Wildman–Crippen LogP) is -0.0333. The van der Waals surface area contributed by atoms with Gasteiger partial charge in [-0.15, -0.1) is 0 Å². The number of aliphatic carboxylic acids is 1. The monoisotopic (exact) mass is 214 g/mol. The van der Waals surface area contributed by atoms with Gasteiger partial charge in [0.05, 0.1) is 6.20 Å². The molecule has 0 saturated carbocycles. The minimum atomic E-state index is -1.22. The third kappa shape index (κ3) is 3.69. The van der Waals surface area contributed by atoms with Crippen molar-refractivity contribution >= 4 is 11.9 Å². The van der Waals surface area contributed by atoms with Crippen molar-refractivity contribution < 1.29 is 23.9 Å². The van der Waals surface area contributed by atoms with Crippen molar-refractivity contribution in [1.29, 1.82) is 0 Å². The second-order valence-corrected chi connectivity index (χ2v) is 2.48. The SMILES string of the molecule is O=C(O)CONC(=O)c1ccc(F)cn1. The third-order valence-corrected chi connectivity index (χ3v) is 1.32. The number of hydroxylamine groups is 1. The largest absolute Gasteiger partial charge is 0.479 e. The number of nitrogens with one attached hydrogen (secondary N) is 1. The number of carboxylic acid groups (broad SMARTS) is 1. The molecule has 0 aliphatic carbocycles. The maximum Gasteiger partial charge on any atom is 0.332 e. The average molecular weight is 214 g/mol. The highest BCUT2D eigenvalue weighted by atomic mass is 19.1. The van der Waals surface area contributed by atoms with Gasteiger partial charge in [0.25, 0.3) is 5.91 Å². The average Bonchev–Trinajstić information content (AvgIpc) is 2.18. The highest BCUT2D eigenvalue weighted by molar-refractivity contribution is 5.91. The number of carbonyl (C=O) groups excluding carboxylic acids is 1. The van der Waals surface area contributed by atoms with Gasteiger partial charge >= 0.3 is 5.97 Å². The molecule has 1 aromatic heterocycles. The summed E-state index contributed by atoms with van der Waals surface area (Å²) < 4.78 is 12.4. The van der Waals surface area contributed by atoms with E-state index in [4.69, 9.17) is 5.11 Å². The first-order valence-corrected chi connectivity index (χ1v) is 3.85. The Labute approximate surface area is 83.6 Å². The highest BCUT2D eigenvalue weighted by Crippen LogP contribution is 1.97. The van der Waals surface area contributed by atoms with Crippen molar-refractivity contribution in [2.75, 3.05) is 6.61 Å². The number of amides is 1. The second kappa shape index (κ2) is 5.01. The van der Waals surface area contributed by atoms with Crippen molar-refractivity contribution in [3.63, 3.8) is 0 Å². The molecule has 0 fully saturated rings. The molecule has 15 heavy (non-hydrogen) atoms. The van der Waals surface area contributed by atoms with E-state index in [1.165, 1.54) is 0 Å². The fourth-order valence-corrected chi connectivity index (χ4v) is 0.726. The molecule has 0 radical (unpaired) electrons. The molecule has 0 atom stereocenters. The van der Waals surface area contributed by atoms with Crippen LogP contribution in [0.2, 0.25) is 0 Å². The number of halogens is 1. The van der Waals surface area contributed by atoms with E-state index in [1.54, 1.807) is 0 Å². The molecular weight excluding hydrogens is 207 g/mol. The summed E-state index contributed by atoms with van der Waals surface area (Å²) in [6.45, 7) is -0.660. The molecule has 1 rings (SSSR count). The van der Waals surface area contributed by atoms with Crippen LogP contribution in [0, 0.1) is 5.82 Å². The Bertz CT molecular complexity index is 365. The lowest BCUT2D eigenvalue weighted by molar-refractivity contribution is -0.144. The van der Waals surface area contributed by atoms with Crippen LogP contribution in [-0.4, -0.2) is 28.6 Å². The standard InChI is InChI=1S/C8H7FN2O4/c9-5-1-2-6(10-3-5)8(14)11-15-4-7(12)13/h1-3H,4H2,(H,11,14)(H,12,13). The van der Waals surface area contributed by atoms with Gasteiger partial charge in [-0.05, 0) is 12.1 Å². The molecule has 0 unspecified atom stereocenters. The smallest absolute Gasteiger partial charge is 0.332 e. The summed E-state index contributed by atoms with van der Waals surface area (Å²) in [5, 5.41) is 8.19. The lowest BCUT2D eigenvalue weighted by Crippen LogP contribution is -2.27. The van der Waals surface area contributed by atoms with Gasteiger partial charge in [-0.3, -0.25) is 9.63 Å². The van der Waals surface area contributed by atoms with E-state index in [1.807, 2.05) is 5.48 Å². The van der Waals surface area contributed by atoms with Crippen LogP contribution in [0.25, 0.3) is 0 Å². The molecule has 0 spiro atoms. The van der Waals surface area contributed by atoms with Gasteiger partial charge in [0.2, 0.25) is 0 Å². The molecule has 6 nitrogen and oxygen atoms in total. The van der Waals surface area contributed by atoms with Gasteiger partial charge in [0.1, 0.15) is 11.5 Å². The molecule has 0 bridgehead atoms. The normalized spacial score (nSPS) is 9.67. The van der Waals surface area contributed by atoms with Crippen molar-refractivity contribution in [3.05, 3.63) is 29.8 Å². The summed E-state index contributed by atoms with van der Waals surface area (Å²) >= 11 is 0. The van der Waals surface area contributed by atoms with E-state index in [9.17, 15) is 14.0 Å². The number of aromatic nitrogens is 1. The highest BCUT2D eigenvalue weighted by Gasteiger charge is 2.07. The summed E-state index contributed by atoms with van der Waals surface area (Å²) in [6, 6.07) is 2.20. The molecule has 1 amide bonds. The molecular formula is C8H7FN2O4. The molecule has 2 N–H and O–H groups in total. The van der Waals surface area contributed by atoms with Crippen LogP contribution in [0.4, 0.5) is 4.39 Å². The number of carbonyl (C=O) groups is 2. The van der Waals surface area contributed by atoms with E-state index in [2.05, 4.69) is 9.82 Å². The maximum absolute atomic E-state index is 12.4. The summed E-state index contributed by atoms with van der Waals surface area (Å²) in [5.41, 5.74) is 1.78. The van der Waals surface area contributed by atoms with E-state index in [0.29, 0.717) is 0 Å². The molecule has 0 aliphatic rings. The first kappa shape index (κ1) is 11.1. The first-order chi connectivity index (χ1) is 7.09. The fraction of sp³-hybridized carbons (Fsp3) is 0.125. The summed E-state index contributed by atoms with van der Waals surface area (Å²) in [5.74, 6) is -2.53. The zero-order valence-electron chi connectivity index (χ0n) is 7.44. The Morgan fingerprint density at radius 2 is 2.27 bits per heavy atom. The molecule has 0 aromatic carbocycles. The summed E-state index contributed by atoms with van der Waals surface area (Å²) in [4.78, 5) is 28.9. The number of nitrogens with zero attached hydrogens (tertiary/aromatic N) is 1. The van der Waals surface area contributed by atoms with Gasteiger partial charge in [0, 0.05) is 0 Å². The topological polar surface area (TPSA) is 88.5 Å². The van der Waals surface area contributed by atoms with Crippen molar-refractivity contribution in [1.82, 2.24) is 10.5 Å². The Balaban J connectivity index is 2.47. The molecule has 1 aromatic rings. The van der Waals surface area contributed by atoms with Crippen molar-refractivity contribution in [3.8, 4) is 0 Å². The quantitative estimate of drug-likeness (QED) is 0.687.